The van der Waals surface area contributed by atoms with Crippen LogP contribution in [0.4, 0.5) is 0 Å². The van der Waals surface area contributed by atoms with Crippen molar-refractivity contribution in [1.82, 2.24) is 10.2 Å². The van der Waals surface area contributed by atoms with Crippen LogP contribution in [0.2, 0.25) is 0 Å². The van der Waals surface area contributed by atoms with Crippen LogP contribution in [0.1, 0.15) is 26.2 Å². The van der Waals surface area contributed by atoms with Crippen molar-refractivity contribution in [2.75, 3.05) is 20.1 Å². The molecule has 3 nitrogen and oxygen atoms in total. The Morgan fingerprint density at radius 3 is 2.79 bits per heavy atom. The third-order valence-electron chi connectivity index (χ3n) is 2.71. The fraction of sp³-hybridized carbons (Fsp3) is 0.727. The molecule has 1 fully saturated rings. The van der Waals surface area contributed by atoms with E-state index in [0.717, 1.165) is 31.5 Å². The molecule has 14 heavy (non-hydrogen) atoms. The lowest BCUT2D eigenvalue weighted by molar-refractivity contribution is -0.130. The molecular weight excluding hydrogens is 176 g/mol. The van der Waals surface area contributed by atoms with Crippen LogP contribution in [-0.4, -0.2) is 37.0 Å². The van der Waals surface area contributed by atoms with Gasteiger partial charge in [-0.15, -0.1) is 6.58 Å². The Hall–Kier alpha value is -0.830. The fourth-order valence-corrected chi connectivity index (χ4v) is 1.70. The number of allylic oxidation sites excluding steroid dienone is 1. The summed E-state index contributed by atoms with van der Waals surface area (Å²) in [7, 11) is 1.95. The first-order chi connectivity index (χ1) is 6.63. The normalized spacial score (nSPS) is 21.3. The van der Waals surface area contributed by atoms with Crippen LogP contribution in [0.25, 0.3) is 0 Å². The van der Waals surface area contributed by atoms with Gasteiger partial charge in [0.15, 0.2) is 0 Å². The Kier molecular flexibility index (Phi) is 4.14. The maximum Gasteiger partial charge on any atom is 0.222 e. The molecule has 0 unspecified atom stereocenters. The molecule has 1 atom stereocenters. The molecule has 1 aliphatic heterocycles. The number of nitrogens with zero attached hydrogens (tertiary/aromatic N) is 1. The van der Waals surface area contributed by atoms with E-state index in [-0.39, 0.29) is 5.91 Å². The number of amides is 1. The van der Waals surface area contributed by atoms with Crippen molar-refractivity contribution in [1.29, 1.82) is 0 Å². The molecule has 0 saturated carbocycles. The van der Waals surface area contributed by atoms with Crippen LogP contribution in [-0.2, 0) is 4.79 Å². The van der Waals surface area contributed by atoms with Gasteiger partial charge < -0.3 is 10.2 Å². The summed E-state index contributed by atoms with van der Waals surface area (Å²) in [5.41, 5.74) is 1.09. The summed E-state index contributed by atoms with van der Waals surface area (Å²) in [5, 5.41) is 3.20. The number of likely N-dealkylation sites (tertiary alicyclic amines) is 1. The second kappa shape index (κ2) is 5.15. The van der Waals surface area contributed by atoms with Gasteiger partial charge in [-0.1, -0.05) is 5.57 Å². The number of carbonyl (C=O) groups excluding carboxylic acids is 1. The minimum atomic E-state index is 0.269. The summed E-state index contributed by atoms with van der Waals surface area (Å²) in [6.07, 6.45) is 2.51. The predicted octanol–water partition coefficient (Wildman–Crippen LogP) is 1.16. The number of carbonyl (C=O) groups is 1. The molecular formula is C11H20N2O. The van der Waals surface area contributed by atoms with Gasteiger partial charge in [-0.2, -0.15) is 0 Å². The van der Waals surface area contributed by atoms with E-state index in [4.69, 9.17) is 0 Å². The fourth-order valence-electron chi connectivity index (χ4n) is 1.70. The predicted molar refractivity (Wildman–Crippen MR) is 58.1 cm³/mol. The summed E-state index contributed by atoms with van der Waals surface area (Å²) in [4.78, 5) is 13.6. The first kappa shape index (κ1) is 11.2. The van der Waals surface area contributed by atoms with Crippen LogP contribution < -0.4 is 5.32 Å². The Morgan fingerprint density at radius 1 is 1.57 bits per heavy atom. The van der Waals surface area contributed by atoms with E-state index >= 15 is 0 Å². The van der Waals surface area contributed by atoms with Gasteiger partial charge in [-0.05, 0) is 26.8 Å². The molecule has 0 radical (unpaired) electrons. The van der Waals surface area contributed by atoms with E-state index in [9.17, 15) is 4.79 Å². The number of nitrogens with one attached hydrogen (secondary N) is 1. The zero-order valence-electron chi connectivity index (χ0n) is 9.18. The summed E-state index contributed by atoms with van der Waals surface area (Å²) >= 11 is 0. The molecule has 0 aromatic carbocycles. The summed E-state index contributed by atoms with van der Waals surface area (Å²) < 4.78 is 0. The van der Waals surface area contributed by atoms with E-state index < -0.39 is 0 Å². The van der Waals surface area contributed by atoms with E-state index in [1.54, 1.807) is 0 Å². The van der Waals surface area contributed by atoms with E-state index in [2.05, 4.69) is 11.9 Å². The molecule has 80 valence electrons. The summed E-state index contributed by atoms with van der Waals surface area (Å²) in [6, 6.07) is 0.490. The van der Waals surface area contributed by atoms with Gasteiger partial charge in [0.2, 0.25) is 5.91 Å². The van der Waals surface area contributed by atoms with Crippen molar-refractivity contribution in [3.8, 4) is 0 Å². The Bertz CT molecular complexity index is 225. The monoisotopic (exact) mass is 196 g/mol. The standard InChI is InChI=1S/C11H20N2O/c1-9(2)4-5-11(14)13-7-6-10(8-13)12-3/h10,12H,1,4-8H2,2-3H3/t10-/m0/s1. The number of hydrogen-bond acceptors (Lipinski definition) is 2. The van der Waals surface area contributed by atoms with Crippen molar-refractivity contribution in [2.45, 2.75) is 32.2 Å². The van der Waals surface area contributed by atoms with Crippen molar-refractivity contribution in [3.05, 3.63) is 12.2 Å². The van der Waals surface area contributed by atoms with Gasteiger partial charge in [0, 0.05) is 25.6 Å². The van der Waals surface area contributed by atoms with E-state index in [1.807, 2.05) is 18.9 Å². The molecule has 1 heterocycles. The average molecular weight is 196 g/mol. The van der Waals surface area contributed by atoms with Gasteiger partial charge in [0.05, 0.1) is 0 Å². The number of rotatable bonds is 4. The maximum atomic E-state index is 11.7. The zero-order chi connectivity index (χ0) is 10.6. The molecule has 0 aromatic rings. The quantitative estimate of drug-likeness (QED) is 0.684. The van der Waals surface area contributed by atoms with Gasteiger partial charge in [0.25, 0.3) is 0 Å². The molecule has 0 bridgehead atoms. The SMILES string of the molecule is C=C(C)CCC(=O)N1CC[C@H](NC)C1. The minimum Gasteiger partial charge on any atom is -0.341 e. The van der Waals surface area contributed by atoms with Gasteiger partial charge >= 0.3 is 0 Å². The number of hydrogen-bond donors (Lipinski definition) is 1. The van der Waals surface area contributed by atoms with Gasteiger partial charge in [0.1, 0.15) is 0 Å². The molecule has 3 heteroatoms. The molecule has 1 rings (SSSR count). The van der Waals surface area contributed by atoms with Crippen LogP contribution >= 0.6 is 0 Å². The highest BCUT2D eigenvalue weighted by atomic mass is 16.2. The van der Waals surface area contributed by atoms with Crippen molar-refractivity contribution >= 4 is 5.91 Å². The van der Waals surface area contributed by atoms with Crippen molar-refractivity contribution in [3.63, 3.8) is 0 Å². The molecule has 1 saturated heterocycles. The first-order valence-corrected chi connectivity index (χ1v) is 5.23. The average Bonchev–Trinajstić information content (AvgIpc) is 2.62. The lowest BCUT2D eigenvalue weighted by Crippen LogP contribution is -2.33. The molecule has 0 spiro atoms. The van der Waals surface area contributed by atoms with Crippen molar-refractivity contribution in [2.24, 2.45) is 0 Å². The van der Waals surface area contributed by atoms with Crippen LogP contribution in [0.3, 0.4) is 0 Å². The Labute approximate surface area is 86.2 Å². The molecule has 1 amide bonds. The number of likely N-dealkylation sites (N-methyl/N-ethyl adjacent to an activating group) is 1. The Balaban J connectivity index is 2.28. The first-order valence-electron chi connectivity index (χ1n) is 5.23. The molecule has 0 aliphatic carbocycles. The second-order valence-corrected chi connectivity index (χ2v) is 4.07. The van der Waals surface area contributed by atoms with E-state index in [0.29, 0.717) is 12.5 Å². The maximum absolute atomic E-state index is 11.7. The van der Waals surface area contributed by atoms with Crippen LogP contribution in [0.5, 0.6) is 0 Å². The summed E-state index contributed by atoms with van der Waals surface area (Å²) in [6.45, 7) is 7.54. The lowest BCUT2D eigenvalue weighted by atomic mass is 10.2. The molecule has 0 aromatic heterocycles. The third-order valence-corrected chi connectivity index (χ3v) is 2.71. The van der Waals surface area contributed by atoms with Gasteiger partial charge in [-0.25, -0.2) is 0 Å². The second-order valence-electron chi connectivity index (χ2n) is 4.07. The van der Waals surface area contributed by atoms with Crippen LogP contribution in [0, 0.1) is 0 Å². The highest BCUT2D eigenvalue weighted by Crippen LogP contribution is 2.12. The van der Waals surface area contributed by atoms with E-state index in [1.165, 1.54) is 0 Å². The Morgan fingerprint density at radius 2 is 2.29 bits per heavy atom. The minimum absolute atomic E-state index is 0.269. The van der Waals surface area contributed by atoms with Crippen molar-refractivity contribution < 1.29 is 4.79 Å². The highest BCUT2D eigenvalue weighted by Gasteiger charge is 2.24. The topological polar surface area (TPSA) is 32.3 Å². The van der Waals surface area contributed by atoms with Gasteiger partial charge in [-0.3, -0.25) is 4.79 Å². The molecule has 1 aliphatic rings. The highest BCUT2D eigenvalue weighted by molar-refractivity contribution is 5.76. The lowest BCUT2D eigenvalue weighted by Gasteiger charge is -2.16. The largest absolute Gasteiger partial charge is 0.341 e. The molecule has 1 N–H and O–H groups in total. The summed E-state index contributed by atoms with van der Waals surface area (Å²) in [5.74, 6) is 0.269. The zero-order valence-corrected chi connectivity index (χ0v) is 9.18. The van der Waals surface area contributed by atoms with Crippen LogP contribution in [0.15, 0.2) is 12.2 Å². The smallest absolute Gasteiger partial charge is 0.222 e. The third kappa shape index (κ3) is 3.14.